The molecular weight excluding hydrogens is 306 g/mol. The van der Waals surface area contributed by atoms with Crippen LogP contribution in [-0.4, -0.2) is 36.0 Å². The minimum Gasteiger partial charge on any atom is -0.354 e. The molecule has 3 atom stereocenters. The summed E-state index contributed by atoms with van der Waals surface area (Å²) in [5.41, 5.74) is 6.02. The van der Waals surface area contributed by atoms with E-state index in [9.17, 15) is 4.79 Å². The zero-order valence-corrected chi connectivity index (χ0v) is 14.9. The van der Waals surface area contributed by atoms with Gasteiger partial charge in [-0.15, -0.1) is 11.3 Å². The van der Waals surface area contributed by atoms with Crippen molar-refractivity contribution in [1.82, 2.24) is 10.2 Å². The van der Waals surface area contributed by atoms with Gasteiger partial charge in [0.15, 0.2) is 0 Å². The molecule has 0 aromatic carbocycles. The Bertz CT molecular complexity index is 508. The Morgan fingerprint density at radius 2 is 2.22 bits per heavy atom. The Morgan fingerprint density at radius 1 is 1.43 bits per heavy atom. The summed E-state index contributed by atoms with van der Waals surface area (Å²) in [7, 11) is 0. The van der Waals surface area contributed by atoms with Crippen molar-refractivity contribution in [3.05, 3.63) is 22.4 Å². The van der Waals surface area contributed by atoms with Gasteiger partial charge in [0.05, 0.1) is 12.0 Å². The number of rotatable bonds is 5. The smallest absolute Gasteiger partial charge is 0.225 e. The maximum absolute atomic E-state index is 12.7. The van der Waals surface area contributed by atoms with Crippen molar-refractivity contribution in [2.45, 2.75) is 57.0 Å². The summed E-state index contributed by atoms with van der Waals surface area (Å²) >= 11 is 1.79. The molecule has 0 bridgehead atoms. The van der Waals surface area contributed by atoms with Crippen molar-refractivity contribution in [3.63, 3.8) is 0 Å². The van der Waals surface area contributed by atoms with Crippen LogP contribution in [0.2, 0.25) is 0 Å². The van der Waals surface area contributed by atoms with Crippen LogP contribution < -0.4 is 11.1 Å². The van der Waals surface area contributed by atoms with Crippen LogP contribution in [0.4, 0.5) is 0 Å². The molecule has 1 amide bonds. The molecule has 3 unspecified atom stereocenters. The first-order chi connectivity index (χ1) is 11.1. The van der Waals surface area contributed by atoms with E-state index in [4.69, 9.17) is 5.73 Å². The van der Waals surface area contributed by atoms with Crippen molar-refractivity contribution in [1.29, 1.82) is 0 Å². The average molecular weight is 336 g/mol. The molecular formula is C18H29N3OS. The quantitative estimate of drug-likeness (QED) is 0.870. The van der Waals surface area contributed by atoms with Crippen molar-refractivity contribution in [2.24, 2.45) is 11.7 Å². The zero-order chi connectivity index (χ0) is 16.3. The van der Waals surface area contributed by atoms with E-state index in [1.165, 1.54) is 17.7 Å². The number of thiophene rings is 1. The minimum absolute atomic E-state index is 0.0428. The lowest BCUT2D eigenvalue weighted by Gasteiger charge is -2.37. The van der Waals surface area contributed by atoms with E-state index in [2.05, 4.69) is 27.7 Å². The fourth-order valence-electron chi connectivity index (χ4n) is 4.05. The number of nitrogens with one attached hydrogen (secondary N) is 1. The standard InChI is InChI=1S/C18H29N3OS/c1-18(19)9-3-2-7-14(18)17(22)20-13-15(16-8-6-12-23-16)21-10-4-5-11-21/h6,8,12,14-15H,2-5,7,9-11,13,19H2,1H3,(H,20,22). The highest BCUT2D eigenvalue weighted by atomic mass is 32.1. The highest BCUT2D eigenvalue weighted by molar-refractivity contribution is 7.10. The molecule has 3 rings (SSSR count). The fourth-order valence-corrected chi connectivity index (χ4v) is 4.91. The molecule has 4 nitrogen and oxygen atoms in total. The predicted octanol–water partition coefficient (Wildman–Crippen LogP) is 2.91. The van der Waals surface area contributed by atoms with Gasteiger partial charge in [-0.2, -0.15) is 0 Å². The van der Waals surface area contributed by atoms with Gasteiger partial charge in [-0.25, -0.2) is 0 Å². The van der Waals surface area contributed by atoms with Gasteiger partial charge in [-0.1, -0.05) is 18.9 Å². The monoisotopic (exact) mass is 335 g/mol. The van der Waals surface area contributed by atoms with Crippen LogP contribution in [0.3, 0.4) is 0 Å². The lowest BCUT2D eigenvalue weighted by atomic mass is 9.74. The normalized spacial score (nSPS) is 30.3. The Kier molecular flexibility index (Phi) is 5.39. The van der Waals surface area contributed by atoms with E-state index in [1.807, 2.05) is 6.92 Å². The lowest BCUT2D eigenvalue weighted by molar-refractivity contribution is -0.128. The van der Waals surface area contributed by atoms with Crippen LogP contribution in [0.5, 0.6) is 0 Å². The van der Waals surface area contributed by atoms with E-state index in [-0.39, 0.29) is 17.4 Å². The van der Waals surface area contributed by atoms with Gasteiger partial charge in [-0.05, 0) is 57.1 Å². The molecule has 1 aromatic heterocycles. The molecule has 1 saturated heterocycles. The molecule has 128 valence electrons. The highest BCUT2D eigenvalue weighted by Gasteiger charge is 2.38. The Balaban J connectivity index is 1.63. The highest BCUT2D eigenvalue weighted by Crippen LogP contribution is 2.32. The molecule has 2 fully saturated rings. The number of nitrogens with zero attached hydrogens (tertiary/aromatic N) is 1. The summed E-state index contributed by atoms with van der Waals surface area (Å²) in [6.07, 6.45) is 6.66. The SMILES string of the molecule is CC1(N)CCCCC1C(=O)NCC(c1cccs1)N1CCCC1. The van der Waals surface area contributed by atoms with Gasteiger partial charge in [-0.3, -0.25) is 9.69 Å². The maximum atomic E-state index is 12.7. The number of carbonyl (C=O) groups excluding carboxylic acids is 1. The molecule has 0 radical (unpaired) electrons. The summed E-state index contributed by atoms with van der Waals surface area (Å²) in [5, 5.41) is 5.34. The van der Waals surface area contributed by atoms with Crippen molar-refractivity contribution >= 4 is 17.2 Å². The topological polar surface area (TPSA) is 58.4 Å². The summed E-state index contributed by atoms with van der Waals surface area (Å²) in [5.74, 6) is 0.106. The summed E-state index contributed by atoms with van der Waals surface area (Å²) in [4.78, 5) is 16.6. The average Bonchev–Trinajstić information content (AvgIpc) is 3.20. The number of carbonyl (C=O) groups is 1. The molecule has 2 aliphatic rings. The number of likely N-dealkylation sites (tertiary alicyclic amines) is 1. The second-order valence-corrected chi connectivity index (χ2v) is 8.30. The fraction of sp³-hybridized carbons (Fsp3) is 0.722. The van der Waals surface area contributed by atoms with Gasteiger partial charge >= 0.3 is 0 Å². The van der Waals surface area contributed by atoms with Gasteiger partial charge in [0, 0.05) is 17.0 Å². The van der Waals surface area contributed by atoms with Gasteiger partial charge in [0.2, 0.25) is 5.91 Å². The van der Waals surface area contributed by atoms with Crippen LogP contribution in [0.15, 0.2) is 17.5 Å². The van der Waals surface area contributed by atoms with E-state index >= 15 is 0 Å². The molecule has 23 heavy (non-hydrogen) atoms. The van der Waals surface area contributed by atoms with E-state index in [0.29, 0.717) is 12.6 Å². The van der Waals surface area contributed by atoms with Gasteiger partial charge in [0.1, 0.15) is 0 Å². The summed E-state index contributed by atoms with van der Waals surface area (Å²) in [6, 6.07) is 4.60. The first-order valence-corrected chi connectivity index (χ1v) is 9.80. The van der Waals surface area contributed by atoms with Crippen LogP contribution in [0.1, 0.15) is 56.4 Å². The number of hydrogen-bond donors (Lipinski definition) is 2. The first-order valence-electron chi connectivity index (χ1n) is 8.92. The third-order valence-electron chi connectivity index (χ3n) is 5.49. The molecule has 1 aliphatic carbocycles. The molecule has 1 saturated carbocycles. The third-order valence-corrected chi connectivity index (χ3v) is 6.47. The third kappa shape index (κ3) is 3.95. The van der Waals surface area contributed by atoms with Gasteiger partial charge in [0.25, 0.3) is 0 Å². The van der Waals surface area contributed by atoms with Crippen LogP contribution in [-0.2, 0) is 4.79 Å². The number of nitrogens with two attached hydrogens (primary N) is 1. The largest absolute Gasteiger partial charge is 0.354 e. The predicted molar refractivity (Wildman–Crippen MR) is 95.4 cm³/mol. The van der Waals surface area contributed by atoms with E-state index < -0.39 is 0 Å². The van der Waals surface area contributed by atoms with Crippen molar-refractivity contribution in [2.75, 3.05) is 19.6 Å². The second-order valence-electron chi connectivity index (χ2n) is 7.32. The Morgan fingerprint density at radius 3 is 2.87 bits per heavy atom. The minimum atomic E-state index is -0.353. The Hall–Kier alpha value is -0.910. The van der Waals surface area contributed by atoms with Crippen LogP contribution >= 0.6 is 11.3 Å². The Labute approximate surface area is 143 Å². The zero-order valence-electron chi connectivity index (χ0n) is 14.1. The van der Waals surface area contributed by atoms with Crippen LogP contribution in [0.25, 0.3) is 0 Å². The molecule has 0 spiro atoms. The van der Waals surface area contributed by atoms with E-state index in [1.54, 1.807) is 11.3 Å². The van der Waals surface area contributed by atoms with Crippen molar-refractivity contribution < 1.29 is 4.79 Å². The molecule has 5 heteroatoms. The first kappa shape index (κ1) is 16.9. The van der Waals surface area contributed by atoms with Gasteiger partial charge < -0.3 is 11.1 Å². The second kappa shape index (κ2) is 7.32. The molecule has 3 N–H and O–H groups in total. The lowest BCUT2D eigenvalue weighted by Crippen LogP contribution is -2.53. The summed E-state index contributed by atoms with van der Waals surface area (Å²) in [6.45, 7) is 5.01. The van der Waals surface area contributed by atoms with Crippen molar-refractivity contribution in [3.8, 4) is 0 Å². The molecule has 1 aromatic rings. The maximum Gasteiger partial charge on any atom is 0.225 e. The van der Waals surface area contributed by atoms with Crippen LogP contribution in [0, 0.1) is 5.92 Å². The number of amides is 1. The molecule has 2 heterocycles. The number of hydrogen-bond acceptors (Lipinski definition) is 4. The summed E-state index contributed by atoms with van der Waals surface area (Å²) < 4.78 is 0. The van der Waals surface area contributed by atoms with E-state index in [0.717, 1.165) is 38.8 Å². The molecule has 1 aliphatic heterocycles.